The summed E-state index contributed by atoms with van der Waals surface area (Å²) in [5.41, 5.74) is 1.06. The second-order valence-electron chi connectivity index (χ2n) is 9.40. The van der Waals surface area contributed by atoms with Gasteiger partial charge in [-0.2, -0.15) is 0 Å². The minimum absolute atomic E-state index is 0.0783. The lowest BCUT2D eigenvalue weighted by molar-refractivity contribution is -0.896. The van der Waals surface area contributed by atoms with Gasteiger partial charge in [-0.25, -0.2) is 0 Å². The third-order valence-electron chi connectivity index (χ3n) is 5.71. The summed E-state index contributed by atoms with van der Waals surface area (Å²) in [6, 6.07) is 15.0. The highest BCUT2D eigenvalue weighted by atomic mass is 16.2. The predicted octanol–water partition coefficient (Wildman–Crippen LogP) is 0.106. The maximum Gasteiger partial charge on any atom is 0.278 e. The summed E-state index contributed by atoms with van der Waals surface area (Å²) < 4.78 is 0. The van der Waals surface area contributed by atoms with Gasteiger partial charge in [0.2, 0.25) is 0 Å². The number of hydrogen-bond acceptors (Lipinski definition) is 2. The molecule has 0 radical (unpaired) electrons. The summed E-state index contributed by atoms with van der Waals surface area (Å²) >= 11 is 0. The van der Waals surface area contributed by atoms with Gasteiger partial charge < -0.3 is 20.4 Å². The van der Waals surface area contributed by atoms with E-state index in [9.17, 15) is 9.59 Å². The van der Waals surface area contributed by atoms with Crippen LogP contribution in [0.15, 0.2) is 42.5 Å². The van der Waals surface area contributed by atoms with Gasteiger partial charge in [0.05, 0.1) is 26.2 Å². The Balaban J connectivity index is 1.46. The van der Waals surface area contributed by atoms with E-state index in [1.54, 1.807) is 0 Å². The molecule has 4 N–H and O–H groups in total. The third kappa shape index (κ3) is 6.03. The summed E-state index contributed by atoms with van der Waals surface area (Å²) in [4.78, 5) is 28.0. The van der Waals surface area contributed by atoms with Crippen LogP contribution in [-0.4, -0.2) is 61.5 Å². The van der Waals surface area contributed by atoms with E-state index in [2.05, 4.69) is 60.0 Å². The van der Waals surface area contributed by atoms with Crippen LogP contribution >= 0.6 is 0 Å². The maximum atomic E-state index is 12.7. The number of amides is 2. The molecule has 1 aliphatic rings. The molecule has 1 heterocycles. The van der Waals surface area contributed by atoms with Crippen LogP contribution in [0.2, 0.25) is 0 Å². The van der Waals surface area contributed by atoms with Gasteiger partial charge in [-0.15, -0.1) is 0 Å². The van der Waals surface area contributed by atoms with Crippen LogP contribution in [0, 0.1) is 0 Å². The van der Waals surface area contributed by atoms with Crippen LogP contribution in [0.1, 0.15) is 39.3 Å². The van der Waals surface area contributed by atoms with Crippen molar-refractivity contribution in [3.8, 4) is 0 Å². The minimum Gasteiger partial charge on any atom is -0.347 e. The van der Waals surface area contributed by atoms with Crippen molar-refractivity contribution in [1.82, 2.24) is 10.2 Å². The van der Waals surface area contributed by atoms with Crippen molar-refractivity contribution in [1.29, 1.82) is 0 Å². The average molecular weight is 413 g/mol. The largest absolute Gasteiger partial charge is 0.347 e. The molecule has 2 aromatic carbocycles. The molecule has 30 heavy (non-hydrogen) atoms. The van der Waals surface area contributed by atoms with Crippen LogP contribution in [0.4, 0.5) is 0 Å². The second kappa shape index (κ2) is 9.58. The van der Waals surface area contributed by atoms with Crippen LogP contribution in [0.25, 0.3) is 10.8 Å². The topological polar surface area (TPSA) is 70.5 Å². The number of hydrogen-bond donors (Lipinski definition) is 3. The van der Waals surface area contributed by atoms with Crippen molar-refractivity contribution < 1.29 is 19.8 Å². The zero-order valence-electron chi connectivity index (χ0n) is 18.7. The number of nitrogens with zero attached hydrogens (tertiary/aromatic N) is 1. The molecule has 1 saturated heterocycles. The van der Waals surface area contributed by atoms with Crippen LogP contribution in [0.3, 0.4) is 0 Å². The Labute approximate surface area is 179 Å². The number of carbonyl (C=O) groups excluding carboxylic acids is 2. The smallest absolute Gasteiger partial charge is 0.278 e. The van der Waals surface area contributed by atoms with Crippen molar-refractivity contribution >= 4 is 22.6 Å². The predicted molar refractivity (Wildman–Crippen MR) is 119 cm³/mol. The molecule has 0 saturated carbocycles. The van der Waals surface area contributed by atoms with E-state index in [0.29, 0.717) is 26.2 Å². The molecular formula is C24H36N4O2+2. The van der Waals surface area contributed by atoms with Crippen LogP contribution in [-0.2, 0) is 9.59 Å². The quantitative estimate of drug-likeness (QED) is 0.630. The molecule has 6 nitrogen and oxygen atoms in total. The Kier molecular flexibility index (Phi) is 7.10. The summed E-state index contributed by atoms with van der Waals surface area (Å²) in [6.07, 6.45) is 0. The third-order valence-corrected chi connectivity index (χ3v) is 5.71. The Morgan fingerprint density at radius 3 is 2.47 bits per heavy atom. The van der Waals surface area contributed by atoms with Crippen molar-refractivity contribution in [2.24, 2.45) is 0 Å². The molecule has 6 heteroatoms. The molecule has 1 atom stereocenters. The molecule has 0 unspecified atom stereocenters. The van der Waals surface area contributed by atoms with Crippen molar-refractivity contribution in [3.63, 3.8) is 0 Å². The molecule has 0 aromatic heterocycles. The number of benzene rings is 2. The monoisotopic (exact) mass is 412 g/mol. The second-order valence-corrected chi connectivity index (χ2v) is 9.40. The van der Waals surface area contributed by atoms with E-state index >= 15 is 0 Å². The summed E-state index contributed by atoms with van der Waals surface area (Å²) in [5, 5.41) is 7.63. The fourth-order valence-corrected chi connectivity index (χ4v) is 4.12. The zero-order chi connectivity index (χ0) is 21.7. The molecule has 1 fully saturated rings. The van der Waals surface area contributed by atoms with Crippen molar-refractivity contribution in [2.45, 2.75) is 39.3 Å². The fraction of sp³-hybridized carbons (Fsp3) is 0.500. The Morgan fingerprint density at radius 1 is 1.10 bits per heavy atom. The van der Waals surface area contributed by atoms with E-state index in [4.69, 9.17) is 0 Å². The van der Waals surface area contributed by atoms with E-state index in [0.717, 1.165) is 13.1 Å². The number of rotatable bonds is 6. The van der Waals surface area contributed by atoms with Crippen LogP contribution < -0.4 is 15.5 Å². The lowest BCUT2D eigenvalue weighted by Crippen LogP contribution is -3.16. The van der Waals surface area contributed by atoms with Gasteiger partial charge in [-0.3, -0.25) is 9.59 Å². The number of nitrogens with one attached hydrogen (secondary N) is 2. The van der Waals surface area contributed by atoms with E-state index in [1.807, 2.05) is 25.7 Å². The molecule has 162 valence electrons. The molecular weight excluding hydrogens is 376 g/mol. The Hall–Kier alpha value is -2.44. The number of nitrogens with two attached hydrogens (primary N) is 1. The van der Waals surface area contributed by atoms with Gasteiger partial charge in [0.1, 0.15) is 6.04 Å². The summed E-state index contributed by atoms with van der Waals surface area (Å²) in [6.45, 7) is 12.1. The SMILES string of the molecule is C[C@H]([NH2+]CC(=O)N1CC[NH+](CC(=O)NC(C)(C)C)CC1)c1cccc2ccccc12. The first-order valence-corrected chi connectivity index (χ1v) is 11.0. The van der Waals surface area contributed by atoms with Gasteiger partial charge in [-0.05, 0) is 38.5 Å². The lowest BCUT2D eigenvalue weighted by atomic mass is 10.00. The van der Waals surface area contributed by atoms with Gasteiger partial charge >= 0.3 is 0 Å². The van der Waals surface area contributed by atoms with E-state index in [1.165, 1.54) is 21.2 Å². The number of quaternary nitrogens is 2. The first kappa shape index (κ1) is 22.2. The highest BCUT2D eigenvalue weighted by Gasteiger charge is 2.27. The van der Waals surface area contributed by atoms with Gasteiger partial charge in [0.15, 0.2) is 13.1 Å². The van der Waals surface area contributed by atoms with Gasteiger partial charge in [-0.1, -0.05) is 42.5 Å². The number of carbonyl (C=O) groups is 2. The van der Waals surface area contributed by atoms with E-state index < -0.39 is 0 Å². The first-order valence-electron chi connectivity index (χ1n) is 11.0. The molecule has 2 amide bonds. The molecule has 0 spiro atoms. The Bertz CT molecular complexity index is 877. The minimum atomic E-state index is -0.203. The number of fused-ring (bicyclic) bond motifs is 1. The first-order chi connectivity index (χ1) is 14.2. The van der Waals surface area contributed by atoms with E-state index in [-0.39, 0.29) is 23.4 Å². The summed E-state index contributed by atoms with van der Waals surface area (Å²) in [7, 11) is 0. The molecule has 0 aliphatic carbocycles. The average Bonchev–Trinajstić information content (AvgIpc) is 2.70. The maximum absolute atomic E-state index is 12.7. The molecule has 0 bridgehead atoms. The van der Waals surface area contributed by atoms with Gasteiger partial charge in [0.25, 0.3) is 11.8 Å². The number of piperazine rings is 1. The van der Waals surface area contributed by atoms with Crippen molar-refractivity contribution in [2.75, 3.05) is 39.3 Å². The normalized spacial score (nSPS) is 16.5. The molecule has 1 aliphatic heterocycles. The fourth-order valence-electron chi connectivity index (χ4n) is 4.12. The van der Waals surface area contributed by atoms with Crippen LogP contribution in [0.5, 0.6) is 0 Å². The molecule has 2 aromatic rings. The molecule has 3 rings (SSSR count). The van der Waals surface area contributed by atoms with Crippen molar-refractivity contribution in [3.05, 3.63) is 48.0 Å². The lowest BCUT2D eigenvalue weighted by Gasteiger charge is -2.32. The summed E-state index contributed by atoms with van der Waals surface area (Å²) in [5.74, 6) is 0.259. The Morgan fingerprint density at radius 2 is 1.77 bits per heavy atom. The van der Waals surface area contributed by atoms with Gasteiger partial charge in [0, 0.05) is 11.1 Å². The highest BCUT2D eigenvalue weighted by molar-refractivity contribution is 5.86. The standard InChI is InChI=1S/C24H34N4O2/c1-18(20-11-7-9-19-8-5-6-10-21(19)20)25-16-23(30)28-14-12-27(13-15-28)17-22(29)26-24(2,3)4/h5-11,18,25H,12-17H2,1-4H3,(H,26,29)/p+2/t18-/m0/s1. The zero-order valence-corrected chi connectivity index (χ0v) is 18.7. The highest BCUT2D eigenvalue weighted by Crippen LogP contribution is 2.21.